The molecule has 0 aromatic carbocycles. The Morgan fingerprint density at radius 1 is 1.29 bits per heavy atom. The minimum atomic E-state index is 0.152. The zero-order valence-electron chi connectivity index (χ0n) is 8.49. The first-order chi connectivity index (χ1) is 6.67. The molecule has 1 heterocycles. The third-order valence-corrected chi connectivity index (χ3v) is 1.83. The summed E-state index contributed by atoms with van der Waals surface area (Å²) in [6.45, 7) is 5.17. The molecular formula is C8H13ClN4O. The highest BCUT2D eigenvalue weighted by molar-refractivity contribution is 6.28. The van der Waals surface area contributed by atoms with Crippen LogP contribution in [0.1, 0.15) is 13.8 Å². The Hall–Kier alpha value is -1.10. The molecule has 0 amide bonds. The van der Waals surface area contributed by atoms with Crippen LogP contribution in [0.3, 0.4) is 0 Å². The van der Waals surface area contributed by atoms with Crippen LogP contribution in [0.2, 0.25) is 5.28 Å². The lowest BCUT2D eigenvalue weighted by molar-refractivity contribution is 0.311. The molecule has 0 aliphatic heterocycles. The summed E-state index contributed by atoms with van der Waals surface area (Å²) in [5.74, 6) is 0.524. The van der Waals surface area contributed by atoms with Gasteiger partial charge in [-0.1, -0.05) is 0 Å². The molecule has 1 aromatic heterocycles. The molecule has 5 nitrogen and oxygen atoms in total. The van der Waals surface area contributed by atoms with Crippen molar-refractivity contribution in [2.45, 2.75) is 13.8 Å². The maximum Gasteiger partial charge on any atom is 0.322 e. The summed E-state index contributed by atoms with van der Waals surface area (Å²) in [6, 6.07) is 0.266. The minimum absolute atomic E-state index is 0.152. The van der Waals surface area contributed by atoms with Gasteiger partial charge < -0.3 is 9.64 Å². The first-order valence-electron chi connectivity index (χ1n) is 4.42. The summed E-state index contributed by atoms with van der Waals surface area (Å²) < 4.78 is 5.15. The number of halogens is 1. The van der Waals surface area contributed by atoms with Crippen molar-refractivity contribution in [2.24, 2.45) is 0 Å². The molecule has 14 heavy (non-hydrogen) atoms. The fourth-order valence-electron chi connectivity index (χ4n) is 0.828. The zero-order chi connectivity index (χ0) is 10.6. The maximum atomic E-state index is 5.72. The molecule has 0 spiro atoms. The van der Waals surface area contributed by atoms with Gasteiger partial charge in [0, 0.05) is 13.6 Å². The average Bonchev–Trinajstić information content (AvgIpc) is 2.16. The van der Waals surface area contributed by atoms with E-state index in [0.29, 0.717) is 12.6 Å². The maximum absolute atomic E-state index is 5.72. The summed E-state index contributed by atoms with van der Waals surface area (Å²) in [4.78, 5) is 13.8. The normalized spacial score (nSPS) is 10.0. The van der Waals surface area contributed by atoms with Crippen LogP contribution in [0.4, 0.5) is 5.95 Å². The summed E-state index contributed by atoms with van der Waals surface area (Å²) in [6.07, 6.45) is 0. The molecule has 6 heteroatoms. The molecule has 0 saturated carbocycles. The van der Waals surface area contributed by atoms with Gasteiger partial charge in [0.25, 0.3) is 0 Å². The Bertz CT molecular complexity index is 307. The van der Waals surface area contributed by atoms with Gasteiger partial charge in [-0.25, -0.2) is 0 Å². The standard InChI is InChI=1S/C8H13ClN4O/c1-4-13(3)7-10-6(9)11-8(12-7)14-5-2/h4-5H2,1-3H3. The number of nitrogens with zero attached hydrogens (tertiary/aromatic N) is 4. The Labute approximate surface area is 88.1 Å². The van der Waals surface area contributed by atoms with Gasteiger partial charge in [-0.3, -0.25) is 0 Å². The van der Waals surface area contributed by atoms with Crippen molar-refractivity contribution in [1.29, 1.82) is 0 Å². The average molecular weight is 217 g/mol. The number of anilines is 1. The molecule has 0 aliphatic carbocycles. The number of hydrogen-bond acceptors (Lipinski definition) is 5. The van der Waals surface area contributed by atoms with Crippen LogP contribution in [-0.2, 0) is 0 Å². The summed E-state index contributed by atoms with van der Waals surface area (Å²) in [5, 5.41) is 0.152. The molecule has 0 unspecified atom stereocenters. The van der Waals surface area contributed by atoms with E-state index >= 15 is 0 Å². The van der Waals surface area contributed by atoms with Gasteiger partial charge in [-0.2, -0.15) is 15.0 Å². The Kier molecular flexibility index (Phi) is 3.88. The van der Waals surface area contributed by atoms with Crippen molar-refractivity contribution < 1.29 is 4.74 Å². The fraction of sp³-hybridized carbons (Fsp3) is 0.625. The predicted octanol–water partition coefficient (Wildman–Crippen LogP) is 1.38. The molecule has 0 fully saturated rings. The van der Waals surface area contributed by atoms with Gasteiger partial charge in [-0.05, 0) is 25.4 Å². The van der Waals surface area contributed by atoms with E-state index in [4.69, 9.17) is 16.3 Å². The van der Waals surface area contributed by atoms with Crippen molar-refractivity contribution in [3.05, 3.63) is 5.28 Å². The third kappa shape index (κ3) is 2.70. The Morgan fingerprint density at radius 3 is 2.57 bits per heavy atom. The van der Waals surface area contributed by atoms with E-state index in [0.717, 1.165) is 6.54 Å². The molecule has 0 atom stereocenters. The van der Waals surface area contributed by atoms with E-state index in [1.54, 1.807) is 0 Å². The first kappa shape index (κ1) is 11.0. The van der Waals surface area contributed by atoms with Crippen LogP contribution < -0.4 is 9.64 Å². The van der Waals surface area contributed by atoms with Crippen LogP contribution in [-0.4, -0.2) is 35.2 Å². The second-order valence-corrected chi connectivity index (χ2v) is 2.97. The van der Waals surface area contributed by atoms with E-state index in [1.165, 1.54) is 0 Å². The lowest BCUT2D eigenvalue weighted by atomic mass is 10.6. The highest BCUT2D eigenvalue weighted by Crippen LogP contribution is 2.13. The fourth-order valence-corrected chi connectivity index (χ4v) is 0.976. The summed E-state index contributed by atoms with van der Waals surface area (Å²) in [5.41, 5.74) is 0. The molecule has 1 rings (SSSR count). The van der Waals surface area contributed by atoms with Crippen LogP contribution >= 0.6 is 11.6 Å². The van der Waals surface area contributed by atoms with Gasteiger partial charge in [0.2, 0.25) is 11.2 Å². The smallest absolute Gasteiger partial charge is 0.322 e. The highest BCUT2D eigenvalue weighted by atomic mass is 35.5. The topological polar surface area (TPSA) is 51.1 Å². The van der Waals surface area contributed by atoms with Crippen molar-refractivity contribution in [2.75, 3.05) is 25.1 Å². The second kappa shape index (κ2) is 4.95. The van der Waals surface area contributed by atoms with Crippen molar-refractivity contribution in [3.63, 3.8) is 0 Å². The van der Waals surface area contributed by atoms with E-state index in [9.17, 15) is 0 Å². The number of aromatic nitrogens is 3. The minimum Gasteiger partial charge on any atom is -0.464 e. The molecule has 78 valence electrons. The SMILES string of the molecule is CCOc1nc(Cl)nc(N(C)CC)n1. The van der Waals surface area contributed by atoms with E-state index in [-0.39, 0.29) is 11.3 Å². The molecular weight excluding hydrogens is 204 g/mol. The lowest BCUT2D eigenvalue weighted by Gasteiger charge is -2.14. The molecule has 0 saturated heterocycles. The largest absolute Gasteiger partial charge is 0.464 e. The van der Waals surface area contributed by atoms with Gasteiger partial charge >= 0.3 is 6.01 Å². The van der Waals surface area contributed by atoms with Crippen LogP contribution in [0, 0.1) is 0 Å². The number of hydrogen-bond donors (Lipinski definition) is 0. The van der Waals surface area contributed by atoms with Gasteiger partial charge in [0.15, 0.2) is 0 Å². The number of ether oxygens (including phenoxy) is 1. The highest BCUT2D eigenvalue weighted by Gasteiger charge is 2.08. The monoisotopic (exact) mass is 216 g/mol. The van der Waals surface area contributed by atoms with E-state index < -0.39 is 0 Å². The van der Waals surface area contributed by atoms with Crippen molar-refractivity contribution in [3.8, 4) is 6.01 Å². The van der Waals surface area contributed by atoms with Gasteiger partial charge in [0.05, 0.1) is 6.61 Å². The quantitative estimate of drug-likeness (QED) is 0.761. The summed E-state index contributed by atoms with van der Waals surface area (Å²) >= 11 is 5.72. The number of rotatable bonds is 4. The van der Waals surface area contributed by atoms with E-state index in [1.807, 2.05) is 25.8 Å². The Balaban J connectivity index is 2.94. The first-order valence-corrected chi connectivity index (χ1v) is 4.80. The molecule has 0 aliphatic rings. The molecule has 1 aromatic rings. The van der Waals surface area contributed by atoms with Crippen LogP contribution in [0.5, 0.6) is 6.01 Å². The van der Waals surface area contributed by atoms with Gasteiger partial charge in [0.1, 0.15) is 0 Å². The van der Waals surface area contributed by atoms with Crippen LogP contribution in [0.25, 0.3) is 0 Å². The summed E-state index contributed by atoms with van der Waals surface area (Å²) in [7, 11) is 1.88. The van der Waals surface area contributed by atoms with E-state index in [2.05, 4.69) is 15.0 Å². The lowest BCUT2D eigenvalue weighted by Crippen LogP contribution is -2.19. The van der Waals surface area contributed by atoms with Crippen LogP contribution in [0.15, 0.2) is 0 Å². The van der Waals surface area contributed by atoms with Gasteiger partial charge in [-0.15, -0.1) is 0 Å². The zero-order valence-corrected chi connectivity index (χ0v) is 9.25. The molecule has 0 N–H and O–H groups in total. The molecule has 0 bridgehead atoms. The third-order valence-electron chi connectivity index (χ3n) is 1.67. The second-order valence-electron chi connectivity index (χ2n) is 2.63. The Morgan fingerprint density at radius 2 is 2.00 bits per heavy atom. The predicted molar refractivity (Wildman–Crippen MR) is 55.0 cm³/mol. The van der Waals surface area contributed by atoms with Crippen molar-refractivity contribution in [1.82, 2.24) is 15.0 Å². The van der Waals surface area contributed by atoms with Crippen molar-refractivity contribution >= 4 is 17.5 Å². The molecule has 0 radical (unpaired) electrons.